The molecule has 2 aliphatic rings. The van der Waals surface area contributed by atoms with Gasteiger partial charge in [0.1, 0.15) is 5.78 Å². The number of carbonyl (C=O) groups is 2. The molecule has 0 saturated heterocycles. The van der Waals surface area contributed by atoms with E-state index in [1.165, 1.54) is 6.92 Å². The van der Waals surface area contributed by atoms with Gasteiger partial charge in [-0.2, -0.15) is 0 Å². The van der Waals surface area contributed by atoms with Gasteiger partial charge in [0.25, 0.3) is 0 Å². The number of carbonyl (C=O) groups excluding carboxylic acids is 2. The van der Waals surface area contributed by atoms with Crippen molar-refractivity contribution >= 4 is 11.7 Å². The van der Waals surface area contributed by atoms with Crippen LogP contribution in [0.3, 0.4) is 0 Å². The predicted molar refractivity (Wildman–Crippen MR) is 119 cm³/mol. The topological polar surface area (TPSA) is 77.5 Å². The molecule has 3 aromatic rings. The zero-order valence-corrected chi connectivity index (χ0v) is 17.9. The summed E-state index contributed by atoms with van der Waals surface area (Å²) in [7, 11) is 0. The summed E-state index contributed by atoms with van der Waals surface area (Å²) in [4.78, 5) is 29.1. The van der Waals surface area contributed by atoms with Crippen molar-refractivity contribution in [3.8, 4) is 22.8 Å². The number of rotatable bonds is 7. The van der Waals surface area contributed by atoms with E-state index in [0.717, 1.165) is 46.7 Å². The summed E-state index contributed by atoms with van der Waals surface area (Å²) in [5.41, 5.74) is 4.15. The van der Waals surface area contributed by atoms with Gasteiger partial charge in [-0.1, -0.05) is 36.4 Å². The van der Waals surface area contributed by atoms with E-state index in [1.807, 2.05) is 60.7 Å². The standard InChI is InChI=1S/C26H24N2O4/c1-17(29)27-15-18-5-7-19(8-6-18)22-4-2-3-21(28-22)14-25(30)26(11-12-26)20-9-10-23-24(13-20)32-16-31-23/h2-10,13H,11-12,14-16H2,1H3,(H,27,29). The van der Waals surface area contributed by atoms with Crippen molar-refractivity contribution in [3.63, 3.8) is 0 Å². The van der Waals surface area contributed by atoms with Gasteiger partial charge in [-0.3, -0.25) is 14.6 Å². The summed E-state index contributed by atoms with van der Waals surface area (Å²) in [6.45, 7) is 2.23. The maximum absolute atomic E-state index is 13.3. The molecule has 0 bridgehead atoms. The second-order valence-electron chi connectivity index (χ2n) is 8.37. The Kier molecular flexibility index (Phi) is 5.13. The van der Waals surface area contributed by atoms with Crippen molar-refractivity contribution in [1.29, 1.82) is 0 Å². The van der Waals surface area contributed by atoms with Gasteiger partial charge in [0.05, 0.1) is 11.1 Å². The van der Waals surface area contributed by atoms with Crippen LogP contribution < -0.4 is 14.8 Å². The molecule has 1 N–H and O–H groups in total. The second-order valence-corrected chi connectivity index (χ2v) is 8.37. The largest absolute Gasteiger partial charge is 0.454 e. The molecule has 1 aliphatic heterocycles. The quantitative estimate of drug-likeness (QED) is 0.616. The molecule has 5 rings (SSSR count). The summed E-state index contributed by atoms with van der Waals surface area (Å²) in [5, 5.41) is 2.79. The zero-order chi connectivity index (χ0) is 22.1. The lowest BCUT2D eigenvalue weighted by Gasteiger charge is -2.15. The number of nitrogens with one attached hydrogen (secondary N) is 1. The third-order valence-electron chi connectivity index (χ3n) is 6.15. The Bertz CT molecular complexity index is 1180. The molecule has 0 spiro atoms. The Morgan fingerprint density at radius 3 is 2.53 bits per heavy atom. The van der Waals surface area contributed by atoms with Crippen molar-refractivity contribution in [2.75, 3.05) is 6.79 Å². The molecule has 2 heterocycles. The normalized spacial score (nSPS) is 15.3. The first kappa shape index (κ1) is 20.2. The molecule has 1 aromatic heterocycles. The van der Waals surface area contributed by atoms with Gasteiger partial charge in [-0.15, -0.1) is 0 Å². The Balaban J connectivity index is 1.31. The fraction of sp³-hybridized carbons (Fsp3) is 0.269. The highest BCUT2D eigenvalue weighted by atomic mass is 16.7. The Morgan fingerprint density at radius 2 is 1.78 bits per heavy atom. The molecule has 0 atom stereocenters. The molecular weight excluding hydrogens is 404 g/mol. The van der Waals surface area contributed by atoms with E-state index in [9.17, 15) is 9.59 Å². The van der Waals surface area contributed by atoms with Crippen LogP contribution in [0.2, 0.25) is 0 Å². The van der Waals surface area contributed by atoms with Crippen LogP contribution in [-0.2, 0) is 28.0 Å². The molecule has 0 radical (unpaired) electrons. The maximum Gasteiger partial charge on any atom is 0.231 e. The minimum Gasteiger partial charge on any atom is -0.454 e. The smallest absolute Gasteiger partial charge is 0.231 e. The maximum atomic E-state index is 13.3. The molecule has 0 unspecified atom stereocenters. The van der Waals surface area contributed by atoms with Crippen LogP contribution in [0.4, 0.5) is 0 Å². The van der Waals surface area contributed by atoms with Gasteiger partial charge in [0.15, 0.2) is 11.5 Å². The minimum atomic E-state index is -0.440. The van der Waals surface area contributed by atoms with Gasteiger partial charge in [0, 0.05) is 31.1 Å². The number of benzene rings is 2. The highest BCUT2D eigenvalue weighted by molar-refractivity contribution is 5.94. The van der Waals surface area contributed by atoms with Gasteiger partial charge in [-0.25, -0.2) is 0 Å². The van der Waals surface area contributed by atoms with Crippen molar-refractivity contribution in [1.82, 2.24) is 10.3 Å². The summed E-state index contributed by atoms with van der Waals surface area (Å²) in [5.74, 6) is 1.58. The minimum absolute atomic E-state index is 0.0534. The van der Waals surface area contributed by atoms with Crippen molar-refractivity contribution < 1.29 is 19.1 Å². The van der Waals surface area contributed by atoms with Crippen molar-refractivity contribution in [2.24, 2.45) is 0 Å². The lowest BCUT2D eigenvalue weighted by Crippen LogP contribution is -2.23. The van der Waals surface area contributed by atoms with E-state index in [0.29, 0.717) is 18.7 Å². The monoisotopic (exact) mass is 428 g/mol. The van der Waals surface area contributed by atoms with Crippen molar-refractivity contribution in [3.05, 3.63) is 77.5 Å². The number of hydrogen-bond acceptors (Lipinski definition) is 5. The fourth-order valence-electron chi connectivity index (χ4n) is 4.14. The first-order valence-electron chi connectivity index (χ1n) is 10.8. The molecule has 6 heteroatoms. The molecule has 6 nitrogen and oxygen atoms in total. The van der Waals surface area contributed by atoms with E-state index in [1.54, 1.807) is 0 Å². The number of ether oxygens (including phenoxy) is 2. The Morgan fingerprint density at radius 1 is 1.00 bits per heavy atom. The van der Waals surface area contributed by atoms with Crippen LogP contribution in [-0.4, -0.2) is 23.5 Å². The average Bonchev–Trinajstić information content (AvgIpc) is 3.49. The SMILES string of the molecule is CC(=O)NCc1ccc(-c2cccc(CC(=O)C3(c4ccc5c(c4)OCO5)CC3)n2)cc1. The van der Waals surface area contributed by atoms with Crippen LogP contribution in [0.1, 0.15) is 36.6 Å². The summed E-state index contributed by atoms with van der Waals surface area (Å²) < 4.78 is 10.9. The first-order chi connectivity index (χ1) is 15.5. The molecule has 1 saturated carbocycles. The highest BCUT2D eigenvalue weighted by Gasteiger charge is 2.50. The van der Waals surface area contributed by atoms with Crippen LogP contribution in [0.15, 0.2) is 60.7 Å². The molecular formula is C26H24N2O4. The lowest BCUT2D eigenvalue weighted by atomic mass is 9.88. The van der Waals surface area contributed by atoms with E-state index in [4.69, 9.17) is 14.5 Å². The van der Waals surface area contributed by atoms with Gasteiger partial charge in [-0.05, 0) is 48.2 Å². The molecule has 1 aliphatic carbocycles. The van der Waals surface area contributed by atoms with Gasteiger partial charge < -0.3 is 14.8 Å². The molecule has 32 heavy (non-hydrogen) atoms. The number of aromatic nitrogens is 1. The van der Waals surface area contributed by atoms with Crippen LogP contribution in [0.25, 0.3) is 11.3 Å². The van der Waals surface area contributed by atoms with Crippen LogP contribution in [0.5, 0.6) is 11.5 Å². The van der Waals surface area contributed by atoms with E-state index < -0.39 is 5.41 Å². The summed E-state index contributed by atoms with van der Waals surface area (Å²) in [6.07, 6.45) is 1.99. The second kappa shape index (κ2) is 8.11. The Labute approximate surface area is 186 Å². The molecule has 1 amide bonds. The van der Waals surface area contributed by atoms with Gasteiger partial charge in [0.2, 0.25) is 12.7 Å². The number of pyridine rings is 1. The fourth-order valence-corrected chi connectivity index (χ4v) is 4.14. The number of Topliss-reactive ketones (excluding diaryl/α,β-unsaturated/α-hetero) is 1. The molecule has 1 fully saturated rings. The van der Waals surface area contributed by atoms with E-state index >= 15 is 0 Å². The summed E-state index contributed by atoms with van der Waals surface area (Å²) in [6, 6.07) is 19.5. The number of fused-ring (bicyclic) bond motifs is 1. The van der Waals surface area contributed by atoms with Crippen LogP contribution in [0, 0.1) is 0 Å². The third-order valence-corrected chi connectivity index (χ3v) is 6.15. The Hall–Kier alpha value is -3.67. The number of hydrogen-bond donors (Lipinski definition) is 1. The lowest BCUT2D eigenvalue weighted by molar-refractivity contribution is -0.121. The third kappa shape index (κ3) is 3.96. The predicted octanol–water partition coefficient (Wildman–Crippen LogP) is 3.96. The van der Waals surface area contributed by atoms with Crippen molar-refractivity contribution in [2.45, 2.75) is 38.1 Å². The van der Waals surface area contributed by atoms with E-state index in [-0.39, 0.29) is 18.5 Å². The highest BCUT2D eigenvalue weighted by Crippen LogP contribution is 2.51. The number of amides is 1. The summed E-state index contributed by atoms with van der Waals surface area (Å²) >= 11 is 0. The molecule has 162 valence electrons. The average molecular weight is 428 g/mol. The van der Waals surface area contributed by atoms with Gasteiger partial charge >= 0.3 is 0 Å². The number of ketones is 1. The zero-order valence-electron chi connectivity index (χ0n) is 17.9. The van der Waals surface area contributed by atoms with Crippen LogP contribution >= 0.6 is 0 Å². The number of nitrogens with zero attached hydrogens (tertiary/aromatic N) is 1. The first-order valence-corrected chi connectivity index (χ1v) is 10.8. The molecule has 2 aromatic carbocycles. The van der Waals surface area contributed by atoms with E-state index in [2.05, 4.69) is 5.32 Å².